The van der Waals surface area contributed by atoms with Crippen LogP contribution in [0.1, 0.15) is 66.2 Å². The Kier molecular flexibility index (Phi) is 3.41. The molecule has 2 heteroatoms. The summed E-state index contributed by atoms with van der Waals surface area (Å²) in [5.74, 6) is 3.70. The van der Waals surface area contributed by atoms with Crippen molar-refractivity contribution in [1.29, 1.82) is 0 Å². The van der Waals surface area contributed by atoms with Crippen molar-refractivity contribution in [1.82, 2.24) is 0 Å². The Bertz CT molecular complexity index is 564. The van der Waals surface area contributed by atoms with E-state index in [1.165, 1.54) is 12.0 Å². The number of allylic oxidation sites excluding steroid dienone is 1. The number of aliphatic hydroxyl groups is 1. The van der Waals surface area contributed by atoms with Gasteiger partial charge >= 0.3 is 0 Å². The first-order valence-electron chi connectivity index (χ1n) is 9.69. The van der Waals surface area contributed by atoms with Crippen molar-refractivity contribution in [2.75, 3.05) is 0 Å². The predicted octanol–water partition coefficient (Wildman–Crippen LogP) is 4.37. The Morgan fingerprint density at radius 1 is 1.17 bits per heavy atom. The van der Waals surface area contributed by atoms with Gasteiger partial charge in [0.25, 0.3) is 0 Å². The van der Waals surface area contributed by atoms with Crippen molar-refractivity contribution in [3.05, 3.63) is 11.6 Å². The highest BCUT2D eigenvalue weighted by atomic mass is 16.3. The fourth-order valence-corrected chi connectivity index (χ4v) is 7.55. The summed E-state index contributed by atoms with van der Waals surface area (Å²) in [4.78, 5) is 12.0. The number of aliphatic hydroxyl groups excluding tert-OH is 1. The van der Waals surface area contributed by atoms with Crippen LogP contribution < -0.4 is 0 Å². The monoisotopic (exact) mass is 316 g/mol. The SMILES string of the molecule is C[C@@H]1CC2=CC(=O)CC[C@]2(C)C2C1C1CC[C@H](O)[C@@]1(C)C[C@@H]2C. The molecule has 2 nitrogen and oxygen atoms in total. The minimum atomic E-state index is -0.110. The number of hydrogen-bond acceptors (Lipinski definition) is 2. The lowest BCUT2D eigenvalue weighted by molar-refractivity contribution is -0.128. The zero-order valence-electron chi connectivity index (χ0n) is 15.1. The van der Waals surface area contributed by atoms with Gasteiger partial charge in [0, 0.05) is 6.42 Å². The number of hydrogen-bond donors (Lipinski definition) is 1. The molecule has 0 aromatic carbocycles. The second kappa shape index (κ2) is 4.94. The van der Waals surface area contributed by atoms with Gasteiger partial charge in [-0.25, -0.2) is 0 Å². The molecule has 4 aliphatic rings. The quantitative estimate of drug-likeness (QED) is 0.720. The predicted molar refractivity (Wildman–Crippen MR) is 91.8 cm³/mol. The van der Waals surface area contributed by atoms with E-state index in [0.717, 1.165) is 38.0 Å². The summed E-state index contributed by atoms with van der Waals surface area (Å²) in [6, 6.07) is 0. The Morgan fingerprint density at radius 2 is 1.91 bits per heavy atom. The average molecular weight is 316 g/mol. The van der Waals surface area contributed by atoms with Gasteiger partial charge in [-0.1, -0.05) is 33.3 Å². The molecule has 0 saturated heterocycles. The van der Waals surface area contributed by atoms with Crippen molar-refractivity contribution in [3.8, 4) is 0 Å². The first-order chi connectivity index (χ1) is 10.8. The minimum Gasteiger partial charge on any atom is -0.393 e. The van der Waals surface area contributed by atoms with E-state index in [9.17, 15) is 9.90 Å². The van der Waals surface area contributed by atoms with Crippen LogP contribution in [0.15, 0.2) is 11.6 Å². The number of rotatable bonds is 0. The van der Waals surface area contributed by atoms with E-state index in [1.54, 1.807) is 0 Å². The maximum atomic E-state index is 12.0. The van der Waals surface area contributed by atoms with Crippen molar-refractivity contribution in [2.24, 2.45) is 40.4 Å². The summed E-state index contributed by atoms with van der Waals surface area (Å²) in [5.41, 5.74) is 1.78. The molecule has 8 atom stereocenters. The van der Waals surface area contributed by atoms with Gasteiger partial charge in [0.2, 0.25) is 0 Å². The highest BCUT2D eigenvalue weighted by Crippen LogP contribution is 2.67. The van der Waals surface area contributed by atoms with Crippen LogP contribution in [0.5, 0.6) is 0 Å². The van der Waals surface area contributed by atoms with Crippen LogP contribution in [-0.2, 0) is 4.79 Å². The Balaban J connectivity index is 1.79. The van der Waals surface area contributed by atoms with Gasteiger partial charge in [-0.05, 0) is 78.6 Å². The summed E-state index contributed by atoms with van der Waals surface area (Å²) >= 11 is 0. The Hall–Kier alpha value is -0.630. The molecule has 23 heavy (non-hydrogen) atoms. The molecular formula is C21H32O2. The molecule has 3 saturated carbocycles. The van der Waals surface area contributed by atoms with Gasteiger partial charge in [0.05, 0.1) is 6.10 Å². The van der Waals surface area contributed by atoms with Gasteiger partial charge < -0.3 is 5.11 Å². The van der Waals surface area contributed by atoms with E-state index in [2.05, 4.69) is 27.7 Å². The summed E-state index contributed by atoms with van der Waals surface area (Å²) in [6.45, 7) is 9.62. The van der Waals surface area contributed by atoms with Crippen molar-refractivity contribution in [3.63, 3.8) is 0 Å². The number of carbonyl (C=O) groups excluding carboxylic acids is 1. The van der Waals surface area contributed by atoms with E-state index in [1.807, 2.05) is 6.08 Å². The summed E-state index contributed by atoms with van der Waals surface area (Å²) < 4.78 is 0. The van der Waals surface area contributed by atoms with Gasteiger partial charge in [0.1, 0.15) is 0 Å². The van der Waals surface area contributed by atoms with Crippen LogP contribution in [0, 0.1) is 40.4 Å². The molecule has 0 aliphatic heterocycles. The van der Waals surface area contributed by atoms with Crippen molar-refractivity contribution < 1.29 is 9.90 Å². The summed E-state index contributed by atoms with van der Waals surface area (Å²) in [5, 5.41) is 10.7. The van der Waals surface area contributed by atoms with E-state index in [4.69, 9.17) is 0 Å². The molecule has 3 unspecified atom stereocenters. The lowest BCUT2D eigenvalue weighted by Crippen LogP contribution is -2.56. The minimum absolute atomic E-state index is 0.110. The zero-order chi connectivity index (χ0) is 16.6. The number of fused-ring (bicyclic) bond motifs is 5. The third-order valence-corrected chi connectivity index (χ3v) is 8.51. The number of carbonyl (C=O) groups is 1. The maximum absolute atomic E-state index is 12.0. The highest BCUT2D eigenvalue weighted by molar-refractivity contribution is 5.91. The van der Waals surface area contributed by atoms with Gasteiger partial charge in [-0.3, -0.25) is 4.79 Å². The smallest absolute Gasteiger partial charge is 0.155 e. The lowest BCUT2D eigenvalue weighted by Gasteiger charge is -2.62. The number of ketones is 1. The van der Waals surface area contributed by atoms with Crippen LogP contribution in [-0.4, -0.2) is 17.0 Å². The third-order valence-electron chi connectivity index (χ3n) is 8.51. The molecule has 0 spiro atoms. The van der Waals surface area contributed by atoms with Crippen LogP contribution in [0.3, 0.4) is 0 Å². The summed E-state index contributed by atoms with van der Waals surface area (Å²) in [6.07, 6.45) is 8.10. The average Bonchev–Trinajstić information content (AvgIpc) is 2.76. The Labute approximate surface area is 140 Å². The third kappa shape index (κ3) is 2.00. The van der Waals surface area contributed by atoms with Crippen LogP contribution in [0.25, 0.3) is 0 Å². The first-order valence-corrected chi connectivity index (χ1v) is 9.69. The molecule has 0 heterocycles. The first kappa shape index (κ1) is 15.9. The van der Waals surface area contributed by atoms with Crippen molar-refractivity contribution >= 4 is 5.78 Å². The molecule has 0 bridgehead atoms. The second-order valence-electron chi connectivity index (χ2n) is 9.72. The molecule has 4 rings (SSSR count). The molecule has 4 aliphatic carbocycles. The standard InChI is InChI=1S/C21H32O2/c1-12-9-14-10-15(22)7-8-20(14,3)19-13(2)11-21(4)16(18(12)19)5-6-17(21)23/h10,12-13,16-19,23H,5-9,11H2,1-4H3/t12-,13+,16?,17+,18?,19?,20+,21+/m1/s1. The van der Waals surface area contributed by atoms with Crippen LogP contribution >= 0.6 is 0 Å². The van der Waals surface area contributed by atoms with Crippen molar-refractivity contribution in [2.45, 2.75) is 72.3 Å². The molecule has 0 aromatic heterocycles. The van der Waals surface area contributed by atoms with E-state index >= 15 is 0 Å². The van der Waals surface area contributed by atoms with E-state index in [0.29, 0.717) is 29.5 Å². The highest BCUT2D eigenvalue weighted by Gasteiger charge is 2.62. The lowest BCUT2D eigenvalue weighted by atomic mass is 9.43. The van der Waals surface area contributed by atoms with E-state index < -0.39 is 0 Å². The molecule has 0 aromatic rings. The molecular weight excluding hydrogens is 284 g/mol. The fraction of sp³-hybridized carbons (Fsp3) is 0.857. The Morgan fingerprint density at radius 3 is 2.65 bits per heavy atom. The fourth-order valence-electron chi connectivity index (χ4n) is 7.55. The largest absolute Gasteiger partial charge is 0.393 e. The molecule has 3 fully saturated rings. The molecule has 1 N–H and O–H groups in total. The topological polar surface area (TPSA) is 37.3 Å². The van der Waals surface area contributed by atoms with Crippen LogP contribution in [0.2, 0.25) is 0 Å². The summed E-state index contributed by atoms with van der Waals surface area (Å²) in [7, 11) is 0. The second-order valence-corrected chi connectivity index (χ2v) is 9.72. The molecule has 128 valence electrons. The van der Waals surface area contributed by atoms with E-state index in [-0.39, 0.29) is 16.9 Å². The normalized spacial score (nSPS) is 55.7. The molecule has 0 radical (unpaired) electrons. The zero-order valence-corrected chi connectivity index (χ0v) is 15.1. The van der Waals surface area contributed by atoms with Gasteiger partial charge in [0.15, 0.2) is 5.78 Å². The molecule has 0 amide bonds. The van der Waals surface area contributed by atoms with Gasteiger partial charge in [-0.15, -0.1) is 0 Å². The van der Waals surface area contributed by atoms with Gasteiger partial charge in [-0.2, -0.15) is 0 Å². The maximum Gasteiger partial charge on any atom is 0.155 e. The van der Waals surface area contributed by atoms with Crippen LogP contribution in [0.4, 0.5) is 0 Å².